The average Bonchev–Trinajstić information content (AvgIpc) is 2.34. The van der Waals surface area contributed by atoms with Gasteiger partial charge in [0, 0.05) is 31.0 Å². The van der Waals surface area contributed by atoms with E-state index >= 15 is 0 Å². The fraction of sp³-hybridized carbons (Fsp3) is 0.267. The number of aryl methyl sites for hydroxylation is 1. The predicted molar refractivity (Wildman–Crippen MR) is 66.2 cm³/mol. The second-order valence-electron chi connectivity index (χ2n) is 4.08. The topological polar surface area (TPSA) is 3.88 Å². The third-order valence-corrected chi connectivity index (χ3v) is 3.01. The van der Waals surface area contributed by atoms with Gasteiger partial charge in [-0.1, -0.05) is 43.3 Å². The van der Waals surface area contributed by atoms with Crippen LogP contribution in [0.1, 0.15) is 30.6 Å². The van der Waals surface area contributed by atoms with Crippen molar-refractivity contribution in [3.63, 3.8) is 0 Å². The zero-order valence-corrected chi connectivity index (χ0v) is 9.93. The van der Waals surface area contributed by atoms with Crippen LogP contribution in [0.3, 0.4) is 0 Å². The lowest BCUT2D eigenvalue weighted by Gasteiger charge is -2.12. The summed E-state index contributed by atoms with van der Waals surface area (Å²) in [6, 6.07) is 17.5. The molecule has 0 amide bonds. The fourth-order valence-electron chi connectivity index (χ4n) is 2.16. The molecule has 0 aliphatic rings. The molecule has 2 aromatic rings. The molecule has 1 aromatic carbocycles. The molecule has 0 radical (unpaired) electrons. The van der Waals surface area contributed by atoms with Crippen LogP contribution >= 0.6 is 0 Å². The van der Waals surface area contributed by atoms with Gasteiger partial charge in [-0.15, -0.1) is 0 Å². The van der Waals surface area contributed by atoms with Crippen molar-refractivity contribution in [3.05, 3.63) is 66.0 Å². The Morgan fingerprint density at radius 2 is 1.69 bits per heavy atom. The third-order valence-electron chi connectivity index (χ3n) is 3.01. The van der Waals surface area contributed by atoms with Gasteiger partial charge < -0.3 is 0 Å². The molecule has 0 saturated heterocycles. The van der Waals surface area contributed by atoms with Gasteiger partial charge in [0.05, 0.1) is 0 Å². The van der Waals surface area contributed by atoms with Crippen molar-refractivity contribution in [1.82, 2.24) is 0 Å². The molecule has 1 heterocycles. The van der Waals surface area contributed by atoms with E-state index in [0.29, 0.717) is 6.04 Å². The number of aromatic nitrogens is 1. The fourth-order valence-corrected chi connectivity index (χ4v) is 2.16. The normalized spacial score (nSPS) is 12.4. The lowest BCUT2D eigenvalue weighted by Crippen LogP contribution is -2.42. The first kappa shape index (κ1) is 10.9. The lowest BCUT2D eigenvalue weighted by atomic mass is 10.0. The van der Waals surface area contributed by atoms with Crippen LogP contribution in [0.5, 0.6) is 0 Å². The molecule has 0 aliphatic carbocycles. The molecular formula is C15H18N+. The molecule has 0 spiro atoms. The van der Waals surface area contributed by atoms with E-state index < -0.39 is 0 Å². The van der Waals surface area contributed by atoms with Crippen LogP contribution in [0.15, 0.2) is 54.7 Å². The third kappa shape index (κ3) is 2.13. The van der Waals surface area contributed by atoms with Gasteiger partial charge in [0.1, 0.15) is 0 Å². The first-order chi connectivity index (χ1) is 7.83. The molecule has 82 valence electrons. The van der Waals surface area contributed by atoms with E-state index in [9.17, 15) is 0 Å². The minimum absolute atomic E-state index is 0.447. The summed E-state index contributed by atoms with van der Waals surface area (Å²) < 4.78 is 2.34. The van der Waals surface area contributed by atoms with Crippen molar-refractivity contribution in [2.75, 3.05) is 0 Å². The summed E-state index contributed by atoms with van der Waals surface area (Å²) in [5.41, 5.74) is 2.68. The van der Waals surface area contributed by atoms with E-state index in [1.807, 2.05) is 0 Å². The van der Waals surface area contributed by atoms with Crippen molar-refractivity contribution in [1.29, 1.82) is 0 Å². The van der Waals surface area contributed by atoms with E-state index in [4.69, 9.17) is 0 Å². The van der Waals surface area contributed by atoms with Crippen LogP contribution in [-0.2, 0) is 0 Å². The molecule has 0 N–H and O–H groups in total. The highest BCUT2D eigenvalue weighted by molar-refractivity contribution is 5.17. The van der Waals surface area contributed by atoms with Crippen LogP contribution in [0, 0.1) is 6.92 Å². The van der Waals surface area contributed by atoms with Gasteiger partial charge in [0.15, 0.2) is 17.9 Å². The molecule has 0 fully saturated rings. The molecule has 1 unspecified atom stereocenters. The summed E-state index contributed by atoms with van der Waals surface area (Å²) in [5.74, 6) is 0. The zero-order valence-electron chi connectivity index (χ0n) is 9.93. The number of hydrogen-bond donors (Lipinski definition) is 0. The summed E-state index contributed by atoms with van der Waals surface area (Å²) >= 11 is 0. The Labute approximate surface area is 97.4 Å². The number of pyridine rings is 1. The molecule has 0 saturated carbocycles. The van der Waals surface area contributed by atoms with Gasteiger partial charge >= 0.3 is 0 Å². The standard InChI is InChI=1S/C15H18N/c1-3-15(14-10-5-4-6-11-14)16-12-8-7-9-13(16)2/h4-12,15H,3H2,1-2H3/q+1. The smallest absolute Gasteiger partial charge is 0.183 e. The largest absolute Gasteiger partial charge is 0.196 e. The van der Waals surface area contributed by atoms with Crippen molar-refractivity contribution in [2.24, 2.45) is 0 Å². The number of rotatable bonds is 3. The van der Waals surface area contributed by atoms with Gasteiger partial charge in [-0.25, -0.2) is 0 Å². The zero-order chi connectivity index (χ0) is 11.4. The molecule has 2 rings (SSSR count). The molecule has 0 bridgehead atoms. The van der Waals surface area contributed by atoms with E-state index in [1.54, 1.807) is 0 Å². The first-order valence-corrected chi connectivity index (χ1v) is 5.84. The second kappa shape index (κ2) is 4.93. The van der Waals surface area contributed by atoms with Gasteiger partial charge in [0.25, 0.3) is 0 Å². The van der Waals surface area contributed by atoms with E-state index in [1.165, 1.54) is 11.3 Å². The quantitative estimate of drug-likeness (QED) is 0.687. The molecule has 1 heteroatoms. The highest BCUT2D eigenvalue weighted by Crippen LogP contribution is 2.16. The number of nitrogens with zero attached hydrogens (tertiary/aromatic N) is 1. The highest BCUT2D eigenvalue weighted by Gasteiger charge is 2.19. The molecule has 1 nitrogen and oxygen atoms in total. The minimum atomic E-state index is 0.447. The van der Waals surface area contributed by atoms with Crippen LogP contribution < -0.4 is 4.57 Å². The SMILES string of the molecule is CCC(c1ccccc1)[n+]1ccccc1C. The Morgan fingerprint density at radius 1 is 1.00 bits per heavy atom. The van der Waals surface area contributed by atoms with E-state index in [0.717, 1.165) is 6.42 Å². The predicted octanol–water partition coefficient (Wildman–Crippen LogP) is 3.28. The van der Waals surface area contributed by atoms with Crippen molar-refractivity contribution in [2.45, 2.75) is 26.3 Å². The lowest BCUT2D eigenvalue weighted by molar-refractivity contribution is -0.719. The Hall–Kier alpha value is -1.63. The highest BCUT2D eigenvalue weighted by atomic mass is 15.0. The molecule has 0 aliphatic heterocycles. The maximum Gasteiger partial charge on any atom is 0.183 e. The summed E-state index contributed by atoms with van der Waals surface area (Å²) in [4.78, 5) is 0. The van der Waals surface area contributed by atoms with E-state index in [-0.39, 0.29) is 0 Å². The van der Waals surface area contributed by atoms with Gasteiger partial charge in [-0.05, 0) is 0 Å². The van der Waals surface area contributed by atoms with Crippen LogP contribution in [0.4, 0.5) is 0 Å². The number of hydrogen-bond acceptors (Lipinski definition) is 0. The van der Waals surface area contributed by atoms with Crippen molar-refractivity contribution in [3.8, 4) is 0 Å². The maximum atomic E-state index is 2.34. The Balaban J connectivity index is 2.41. The summed E-state index contributed by atoms with van der Waals surface area (Å²) in [6.45, 7) is 4.39. The van der Waals surface area contributed by atoms with Gasteiger partial charge in [-0.2, -0.15) is 4.57 Å². The Bertz CT molecular complexity index is 448. The molecule has 1 atom stereocenters. The van der Waals surface area contributed by atoms with Gasteiger partial charge in [-0.3, -0.25) is 0 Å². The molecule has 16 heavy (non-hydrogen) atoms. The summed E-state index contributed by atoms with van der Waals surface area (Å²) in [6.07, 6.45) is 3.27. The summed E-state index contributed by atoms with van der Waals surface area (Å²) in [7, 11) is 0. The second-order valence-corrected chi connectivity index (χ2v) is 4.08. The van der Waals surface area contributed by atoms with Crippen molar-refractivity contribution < 1.29 is 4.57 Å². The van der Waals surface area contributed by atoms with Crippen LogP contribution in [0.25, 0.3) is 0 Å². The molecule has 1 aromatic heterocycles. The van der Waals surface area contributed by atoms with Gasteiger partial charge in [0.2, 0.25) is 0 Å². The van der Waals surface area contributed by atoms with Crippen molar-refractivity contribution >= 4 is 0 Å². The average molecular weight is 212 g/mol. The van der Waals surface area contributed by atoms with Crippen LogP contribution in [0.2, 0.25) is 0 Å². The number of benzene rings is 1. The Morgan fingerprint density at radius 3 is 2.31 bits per heavy atom. The van der Waals surface area contributed by atoms with Crippen LogP contribution in [-0.4, -0.2) is 0 Å². The Kier molecular flexibility index (Phi) is 3.35. The molecular weight excluding hydrogens is 194 g/mol. The maximum absolute atomic E-state index is 2.34. The van der Waals surface area contributed by atoms with E-state index in [2.05, 4.69) is 73.1 Å². The monoisotopic (exact) mass is 212 g/mol. The first-order valence-electron chi connectivity index (χ1n) is 5.84. The summed E-state index contributed by atoms with van der Waals surface area (Å²) in [5, 5.41) is 0. The minimum Gasteiger partial charge on any atom is -0.196 e.